The Morgan fingerprint density at radius 2 is 1.95 bits per heavy atom. The standard InChI is InChI=1S/C13H20N4O2S/c1-9(2)17-10(3)14-12-8-11(6-7-13(12)17)15-20(18,19)16(4)5/h6-9,15H,1-5H3. The molecule has 0 amide bonds. The zero-order valence-electron chi connectivity index (χ0n) is 12.4. The van der Waals surface area contributed by atoms with Gasteiger partial charge in [0.25, 0.3) is 0 Å². The number of fused-ring (bicyclic) bond motifs is 1. The molecule has 0 radical (unpaired) electrons. The van der Waals surface area contributed by atoms with Crippen LogP contribution in [-0.2, 0) is 10.2 Å². The molecular weight excluding hydrogens is 276 g/mol. The Morgan fingerprint density at radius 1 is 1.30 bits per heavy atom. The van der Waals surface area contributed by atoms with E-state index in [1.54, 1.807) is 12.1 Å². The smallest absolute Gasteiger partial charge is 0.301 e. The van der Waals surface area contributed by atoms with Crippen molar-refractivity contribution in [1.29, 1.82) is 0 Å². The summed E-state index contributed by atoms with van der Waals surface area (Å²) in [5.74, 6) is 0.919. The molecule has 6 nitrogen and oxygen atoms in total. The molecule has 7 heteroatoms. The van der Waals surface area contributed by atoms with Crippen LogP contribution in [0.1, 0.15) is 25.7 Å². The fourth-order valence-corrected chi connectivity index (χ4v) is 2.78. The molecule has 1 aromatic heterocycles. The number of imidazole rings is 1. The molecule has 0 bridgehead atoms. The van der Waals surface area contributed by atoms with Crippen molar-refractivity contribution in [2.45, 2.75) is 26.8 Å². The van der Waals surface area contributed by atoms with Crippen LogP contribution < -0.4 is 4.72 Å². The van der Waals surface area contributed by atoms with Gasteiger partial charge >= 0.3 is 10.2 Å². The lowest BCUT2D eigenvalue weighted by Gasteiger charge is -2.14. The van der Waals surface area contributed by atoms with Gasteiger partial charge in [-0.05, 0) is 39.0 Å². The van der Waals surface area contributed by atoms with Crippen molar-refractivity contribution in [3.63, 3.8) is 0 Å². The molecule has 0 saturated carbocycles. The third-order valence-corrected chi connectivity index (χ3v) is 4.56. The Bertz CT molecular complexity index is 732. The van der Waals surface area contributed by atoms with E-state index in [1.165, 1.54) is 14.1 Å². The Hall–Kier alpha value is -1.60. The number of nitrogens with one attached hydrogen (secondary N) is 1. The highest BCUT2D eigenvalue weighted by Gasteiger charge is 2.15. The molecule has 0 fully saturated rings. The van der Waals surface area contributed by atoms with E-state index in [4.69, 9.17) is 0 Å². The molecule has 110 valence electrons. The van der Waals surface area contributed by atoms with E-state index in [2.05, 4.69) is 28.1 Å². The number of hydrogen-bond donors (Lipinski definition) is 1. The minimum atomic E-state index is -3.49. The maximum atomic E-state index is 11.8. The van der Waals surface area contributed by atoms with Crippen molar-refractivity contribution >= 4 is 26.9 Å². The van der Waals surface area contributed by atoms with Crippen molar-refractivity contribution < 1.29 is 8.42 Å². The highest BCUT2D eigenvalue weighted by molar-refractivity contribution is 7.90. The predicted molar refractivity (Wildman–Crippen MR) is 81.1 cm³/mol. The fraction of sp³-hybridized carbons (Fsp3) is 0.462. The summed E-state index contributed by atoms with van der Waals surface area (Å²) in [6.45, 7) is 6.14. The van der Waals surface area contributed by atoms with Gasteiger partial charge in [-0.2, -0.15) is 12.7 Å². The average molecular weight is 296 g/mol. The van der Waals surface area contributed by atoms with Crippen LogP contribution in [0.4, 0.5) is 5.69 Å². The summed E-state index contributed by atoms with van der Waals surface area (Å²) < 4.78 is 29.4. The molecule has 0 aliphatic heterocycles. The minimum Gasteiger partial charge on any atom is -0.326 e. The second kappa shape index (κ2) is 5.06. The van der Waals surface area contributed by atoms with Crippen LogP contribution in [-0.4, -0.2) is 36.4 Å². The summed E-state index contributed by atoms with van der Waals surface area (Å²) in [7, 11) is -0.522. The van der Waals surface area contributed by atoms with Crippen LogP contribution in [0.15, 0.2) is 18.2 Å². The third-order valence-electron chi connectivity index (χ3n) is 3.11. The molecule has 0 aliphatic carbocycles. The number of hydrogen-bond acceptors (Lipinski definition) is 3. The van der Waals surface area contributed by atoms with Crippen molar-refractivity contribution in [2.24, 2.45) is 0 Å². The Morgan fingerprint density at radius 3 is 2.50 bits per heavy atom. The van der Waals surface area contributed by atoms with Crippen molar-refractivity contribution in [2.75, 3.05) is 18.8 Å². The van der Waals surface area contributed by atoms with Crippen LogP contribution in [0.2, 0.25) is 0 Å². The zero-order valence-corrected chi connectivity index (χ0v) is 13.2. The normalized spacial score (nSPS) is 12.6. The summed E-state index contributed by atoms with van der Waals surface area (Å²) in [6, 6.07) is 5.71. The minimum absolute atomic E-state index is 0.310. The Labute approximate surface area is 119 Å². The number of benzene rings is 1. The van der Waals surface area contributed by atoms with E-state index >= 15 is 0 Å². The second-order valence-electron chi connectivity index (χ2n) is 5.22. The van der Waals surface area contributed by atoms with Crippen molar-refractivity contribution in [3.05, 3.63) is 24.0 Å². The quantitative estimate of drug-likeness (QED) is 0.940. The molecule has 1 heterocycles. The Balaban J connectivity index is 2.46. The summed E-state index contributed by atoms with van der Waals surface area (Å²) in [4.78, 5) is 4.48. The lowest BCUT2D eigenvalue weighted by atomic mass is 10.2. The summed E-state index contributed by atoms with van der Waals surface area (Å²) in [5.41, 5.74) is 2.31. The van der Waals surface area contributed by atoms with Gasteiger partial charge in [-0.3, -0.25) is 4.72 Å². The number of anilines is 1. The molecule has 1 aromatic carbocycles. The molecular formula is C13H20N4O2S. The monoisotopic (exact) mass is 296 g/mol. The van der Waals surface area contributed by atoms with Gasteiger partial charge in [-0.1, -0.05) is 0 Å². The number of aryl methyl sites for hydroxylation is 1. The van der Waals surface area contributed by atoms with E-state index in [0.29, 0.717) is 11.7 Å². The van der Waals surface area contributed by atoms with Gasteiger partial charge in [0, 0.05) is 20.1 Å². The van der Waals surface area contributed by atoms with E-state index in [9.17, 15) is 8.42 Å². The van der Waals surface area contributed by atoms with Crippen LogP contribution in [0.5, 0.6) is 0 Å². The first-order valence-electron chi connectivity index (χ1n) is 6.41. The van der Waals surface area contributed by atoms with Gasteiger partial charge in [0.05, 0.1) is 16.7 Å². The molecule has 0 aliphatic rings. The molecule has 0 spiro atoms. The predicted octanol–water partition coefficient (Wildman–Crippen LogP) is 2.14. The van der Waals surface area contributed by atoms with Gasteiger partial charge in [-0.15, -0.1) is 0 Å². The van der Waals surface area contributed by atoms with E-state index in [0.717, 1.165) is 21.2 Å². The largest absolute Gasteiger partial charge is 0.326 e. The molecule has 20 heavy (non-hydrogen) atoms. The first kappa shape index (κ1) is 14.8. The van der Waals surface area contributed by atoms with Crippen LogP contribution in [0.3, 0.4) is 0 Å². The molecule has 0 atom stereocenters. The molecule has 2 aromatic rings. The summed E-state index contributed by atoms with van der Waals surface area (Å²) in [5, 5.41) is 0. The van der Waals surface area contributed by atoms with Crippen molar-refractivity contribution in [3.8, 4) is 0 Å². The fourth-order valence-electron chi connectivity index (χ4n) is 2.17. The highest BCUT2D eigenvalue weighted by atomic mass is 32.2. The zero-order chi connectivity index (χ0) is 15.1. The molecule has 2 rings (SSSR count). The van der Waals surface area contributed by atoms with Crippen LogP contribution in [0, 0.1) is 6.92 Å². The average Bonchev–Trinajstić information content (AvgIpc) is 2.63. The second-order valence-corrected chi connectivity index (χ2v) is 7.10. The van der Waals surface area contributed by atoms with Gasteiger partial charge in [-0.25, -0.2) is 4.98 Å². The summed E-state index contributed by atoms with van der Waals surface area (Å²) >= 11 is 0. The summed E-state index contributed by atoms with van der Waals surface area (Å²) in [6.07, 6.45) is 0. The van der Waals surface area contributed by atoms with E-state index in [1.807, 2.05) is 13.0 Å². The Kier molecular flexibility index (Phi) is 3.75. The highest BCUT2D eigenvalue weighted by Crippen LogP contribution is 2.24. The van der Waals surface area contributed by atoms with E-state index in [-0.39, 0.29) is 0 Å². The number of rotatable bonds is 4. The van der Waals surface area contributed by atoms with Gasteiger partial charge < -0.3 is 4.57 Å². The first-order chi connectivity index (χ1) is 9.22. The maximum Gasteiger partial charge on any atom is 0.301 e. The lowest BCUT2D eigenvalue weighted by Crippen LogP contribution is -2.28. The first-order valence-corrected chi connectivity index (χ1v) is 7.85. The number of aromatic nitrogens is 2. The van der Waals surface area contributed by atoms with Gasteiger partial charge in [0.2, 0.25) is 0 Å². The van der Waals surface area contributed by atoms with Gasteiger partial charge in [0.1, 0.15) is 5.82 Å². The van der Waals surface area contributed by atoms with E-state index < -0.39 is 10.2 Å². The lowest BCUT2D eigenvalue weighted by molar-refractivity contribution is 0.527. The maximum absolute atomic E-state index is 11.8. The van der Waals surface area contributed by atoms with Gasteiger partial charge in [0.15, 0.2) is 0 Å². The molecule has 0 unspecified atom stereocenters. The SMILES string of the molecule is Cc1nc2cc(NS(=O)(=O)N(C)C)ccc2n1C(C)C. The molecule has 0 saturated heterocycles. The third kappa shape index (κ3) is 2.64. The van der Waals surface area contributed by atoms with Crippen LogP contribution >= 0.6 is 0 Å². The van der Waals surface area contributed by atoms with Crippen LogP contribution in [0.25, 0.3) is 11.0 Å². The molecule has 1 N–H and O–H groups in total. The topological polar surface area (TPSA) is 67.2 Å². The van der Waals surface area contributed by atoms with Crippen molar-refractivity contribution in [1.82, 2.24) is 13.9 Å². The number of nitrogens with zero attached hydrogens (tertiary/aromatic N) is 3.